The third kappa shape index (κ3) is 7.02. The zero-order chi connectivity index (χ0) is 25.5. The van der Waals surface area contributed by atoms with Crippen molar-refractivity contribution < 1.29 is 22.8 Å². The summed E-state index contributed by atoms with van der Waals surface area (Å²) in [6, 6.07) is 18.3. The lowest BCUT2D eigenvalue weighted by molar-refractivity contribution is -0.133. The molecule has 2 aromatic heterocycles. The predicted molar refractivity (Wildman–Crippen MR) is 134 cm³/mol. The Morgan fingerprint density at radius 3 is 2.36 bits per heavy atom. The third-order valence-electron chi connectivity index (χ3n) is 5.40. The lowest BCUT2D eigenvalue weighted by Crippen LogP contribution is -2.43. The van der Waals surface area contributed by atoms with E-state index in [2.05, 4.69) is 5.32 Å². The summed E-state index contributed by atoms with van der Waals surface area (Å²) in [7, 11) is 0. The van der Waals surface area contributed by atoms with E-state index in [0.29, 0.717) is 12.3 Å². The maximum Gasteiger partial charge on any atom is 0.322 e. The van der Waals surface area contributed by atoms with Gasteiger partial charge < -0.3 is 19.5 Å². The first kappa shape index (κ1) is 25.1. The molecule has 2 aromatic carbocycles. The fraction of sp³-hybridized carbons (Fsp3) is 0.185. The molecule has 36 heavy (non-hydrogen) atoms. The summed E-state index contributed by atoms with van der Waals surface area (Å²) in [5.74, 6) is -0.648. The van der Waals surface area contributed by atoms with Crippen LogP contribution < -0.4 is 5.32 Å². The highest BCUT2D eigenvalue weighted by molar-refractivity contribution is 7.11. The molecule has 0 atom stereocenters. The maximum absolute atomic E-state index is 13.6. The topological polar surface area (TPSA) is 65.8 Å². The third-order valence-corrected chi connectivity index (χ3v) is 6.38. The predicted octanol–water partition coefficient (Wildman–Crippen LogP) is 6.19. The average molecular weight is 510 g/mol. The SMILES string of the molecule is Cc1ccc(CN(Cc2ccc(F)cc2)C(=O)CN(Cc2ccco2)C(=O)Nc2cccc(F)c2)s1. The van der Waals surface area contributed by atoms with E-state index in [4.69, 9.17) is 4.42 Å². The van der Waals surface area contributed by atoms with Crippen LogP contribution in [0.3, 0.4) is 0 Å². The number of furan rings is 1. The first-order valence-corrected chi connectivity index (χ1v) is 12.1. The number of thiophene rings is 1. The smallest absolute Gasteiger partial charge is 0.322 e. The van der Waals surface area contributed by atoms with Gasteiger partial charge in [0, 0.05) is 22.0 Å². The number of hydrogen-bond acceptors (Lipinski definition) is 4. The molecular formula is C27H25F2N3O3S. The lowest BCUT2D eigenvalue weighted by Gasteiger charge is -2.27. The molecule has 0 fully saturated rings. The van der Waals surface area contributed by atoms with E-state index < -0.39 is 11.8 Å². The first-order chi connectivity index (χ1) is 17.4. The molecule has 3 amide bonds. The fourth-order valence-corrected chi connectivity index (χ4v) is 4.53. The van der Waals surface area contributed by atoms with Gasteiger partial charge in [0.1, 0.15) is 23.9 Å². The molecule has 2 heterocycles. The molecule has 0 unspecified atom stereocenters. The number of nitrogens with one attached hydrogen (secondary N) is 1. The lowest BCUT2D eigenvalue weighted by atomic mass is 10.2. The Morgan fingerprint density at radius 2 is 1.69 bits per heavy atom. The fourth-order valence-electron chi connectivity index (χ4n) is 3.62. The summed E-state index contributed by atoms with van der Waals surface area (Å²) < 4.78 is 32.4. The first-order valence-electron chi connectivity index (χ1n) is 11.3. The van der Waals surface area contributed by atoms with E-state index in [0.717, 1.165) is 15.3 Å². The largest absolute Gasteiger partial charge is 0.467 e. The number of anilines is 1. The Balaban J connectivity index is 1.54. The molecule has 0 radical (unpaired) electrons. The van der Waals surface area contributed by atoms with Crippen LogP contribution in [0.25, 0.3) is 0 Å². The summed E-state index contributed by atoms with van der Waals surface area (Å²) in [6.45, 7) is 2.38. The number of carbonyl (C=O) groups excluding carboxylic acids is 2. The molecule has 6 nitrogen and oxygen atoms in total. The van der Waals surface area contributed by atoms with Crippen LogP contribution in [-0.4, -0.2) is 28.3 Å². The van der Waals surface area contributed by atoms with Crippen molar-refractivity contribution in [1.82, 2.24) is 9.80 Å². The number of amides is 3. The second-order valence-corrected chi connectivity index (χ2v) is 9.64. The minimum atomic E-state index is -0.570. The highest BCUT2D eigenvalue weighted by Gasteiger charge is 2.23. The number of urea groups is 1. The minimum Gasteiger partial charge on any atom is -0.467 e. The van der Waals surface area contributed by atoms with Crippen LogP contribution in [0.2, 0.25) is 0 Å². The van der Waals surface area contributed by atoms with Gasteiger partial charge in [-0.3, -0.25) is 4.79 Å². The number of hydrogen-bond donors (Lipinski definition) is 1. The van der Waals surface area contributed by atoms with E-state index in [1.54, 1.807) is 46.6 Å². The van der Waals surface area contributed by atoms with Crippen molar-refractivity contribution in [3.8, 4) is 0 Å². The van der Waals surface area contributed by atoms with E-state index >= 15 is 0 Å². The van der Waals surface area contributed by atoms with Gasteiger partial charge in [-0.05, 0) is 67.1 Å². The summed E-state index contributed by atoms with van der Waals surface area (Å²) in [5.41, 5.74) is 1.04. The zero-order valence-corrected chi connectivity index (χ0v) is 20.4. The van der Waals surface area contributed by atoms with E-state index in [1.165, 1.54) is 41.5 Å². The van der Waals surface area contributed by atoms with Gasteiger partial charge in [0.05, 0.1) is 19.4 Å². The Morgan fingerprint density at radius 1 is 0.889 bits per heavy atom. The van der Waals surface area contributed by atoms with Crippen LogP contribution in [-0.2, 0) is 24.4 Å². The highest BCUT2D eigenvalue weighted by atomic mass is 32.1. The van der Waals surface area contributed by atoms with Gasteiger partial charge in [0.15, 0.2) is 0 Å². The highest BCUT2D eigenvalue weighted by Crippen LogP contribution is 2.20. The number of aryl methyl sites for hydroxylation is 1. The molecule has 9 heteroatoms. The van der Waals surface area contributed by atoms with Gasteiger partial charge in [0.25, 0.3) is 0 Å². The molecule has 0 aliphatic heterocycles. The molecule has 4 aromatic rings. The number of rotatable bonds is 9. The average Bonchev–Trinajstić information content (AvgIpc) is 3.51. The van der Waals surface area contributed by atoms with Gasteiger partial charge in [-0.25, -0.2) is 13.6 Å². The summed E-state index contributed by atoms with van der Waals surface area (Å²) >= 11 is 1.58. The van der Waals surface area contributed by atoms with Crippen LogP contribution >= 0.6 is 11.3 Å². The van der Waals surface area contributed by atoms with Crippen LogP contribution in [0.4, 0.5) is 19.3 Å². The summed E-state index contributed by atoms with van der Waals surface area (Å²) in [6.07, 6.45) is 1.49. The molecule has 186 valence electrons. The number of carbonyl (C=O) groups is 2. The quantitative estimate of drug-likeness (QED) is 0.293. The maximum atomic E-state index is 13.6. The molecular weight excluding hydrogens is 484 g/mol. The minimum absolute atomic E-state index is 0.0440. The van der Waals surface area contributed by atoms with Crippen molar-refractivity contribution in [3.05, 3.63) is 112 Å². The van der Waals surface area contributed by atoms with Crippen molar-refractivity contribution >= 4 is 29.0 Å². The second kappa shape index (κ2) is 11.6. The summed E-state index contributed by atoms with van der Waals surface area (Å²) in [5, 5.41) is 2.64. The summed E-state index contributed by atoms with van der Waals surface area (Å²) in [4.78, 5) is 31.7. The number of nitrogens with zero attached hydrogens (tertiary/aromatic N) is 2. The molecule has 0 spiro atoms. The normalized spacial score (nSPS) is 10.8. The molecule has 0 bridgehead atoms. The van der Waals surface area contributed by atoms with Crippen molar-refractivity contribution in [2.24, 2.45) is 0 Å². The standard InChI is InChI=1S/C27H25F2N3O3S/c1-19-7-12-25(36-19)17-31(15-20-8-10-21(28)11-9-20)26(33)18-32(16-24-6-3-13-35-24)27(34)30-23-5-2-4-22(29)14-23/h2-14H,15-18H2,1H3,(H,30,34). The van der Waals surface area contributed by atoms with Crippen molar-refractivity contribution in [2.45, 2.75) is 26.6 Å². The van der Waals surface area contributed by atoms with Crippen LogP contribution in [0.15, 0.2) is 83.5 Å². The monoisotopic (exact) mass is 509 g/mol. The van der Waals surface area contributed by atoms with E-state index in [9.17, 15) is 18.4 Å². The Labute approximate surface area is 211 Å². The second-order valence-electron chi connectivity index (χ2n) is 8.26. The molecule has 0 saturated heterocycles. The Kier molecular flexibility index (Phi) is 8.12. The van der Waals surface area contributed by atoms with E-state index in [1.807, 2.05) is 19.1 Å². The van der Waals surface area contributed by atoms with Crippen LogP contribution in [0.1, 0.15) is 21.1 Å². The van der Waals surface area contributed by atoms with Crippen LogP contribution in [0.5, 0.6) is 0 Å². The van der Waals surface area contributed by atoms with Crippen molar-refractivity contribution in [3.63, 3.8) is 0 Å². The molecule has 0 saturated carbocycles. The Hall–Kier alpha value is -3.98. The zero-order valence-electron chi connectivity index (χ0n) is 19.6. The number of halogens is 2. The van der Waals surface area contributed by atoms with Gasteiger partial charge >= 0.3 is 6.03 Å². The van der Waals surface area contributed by atoms with E-state index in [-0.39, 0.29) is 37.0 Å². The van der Waals surface area contributed by atoms with Gasteiger partial charge in [0.2, 0.25) is 5.91 Å². The van der Waals surface area contributed by atoms with Gasteiger partial charge in [-0.1, -0.05) is 18.2 Å². The molecule has 1 N–H and O–H groups in total. The Bertz CT molecular complexity index is 1310. The van der Waals surface area contributed by atoms with Crippen molar-refractivity contribution in [2.75, 3.05) is 11.9 Å². The number of benzene rings is 2. The van der Waals surface area contributed by atoms with Crippen LogP contribution in [0, 0.1) is 18.6 Å². The molecule has 0 aliphatic carbocycles. The molecule has 0 aliphatic rings. The van der Waals surface area contributed by atoms with Gasteiger partial charge in [-0.2, -0.15) is 0 Å². The molecule has 4 rings (SSSR count). The van der Waals surface area contributed by atoms with Gasteiger partial charge in [-0.15, -0.1) is 11.3 Å². The van der Waals surface area contributed by atoms with Crippen molar-refractivity contribution in [1.29, 1.82) is 0 Å².